The molecule has 2 N–H and O–H groups in total. The smallest absolute Gasteiger partial charge is 0.191 e. The van der Waals surface area contributed by atoms with E-state index < -0.39 is 0 Å². The van der Waals surface area contributed by atoms with Crippen molar-refractivity contribution >= 4 is 5.96 Å². The molecule has 2 saturated heterocycles. The van der Waals surface area contributed by atoms with Gasteiger partial charge >= 0.3 is 0 Å². The van der Waals surface area contributed by atoms with Crippen LogP contribution in [0.15, 0.2) is 35.3 Å². The summed E-state index contributed by atoms with van der Waals surface area (Å²) in [6, 6.07) is 12.3. The van der Waals surface area contributed by atoms with Crippen molar-refractivity contribution in [2.75, 3.05) is 46.4 Å². The van der Waals surface area contributed by atoms with Crippen LogP contribution >= 0.6 is 0 Å². The van der Waals surface area contributed by atoms with Crippen molar-refractivity contribution in [3.63, 3.8) is 0 Å². The first kappa shape index (κ1) is 22.1. The van der Waals surface area contributed by atoms with Gasteiger partial charge in [-0.1, -0.05) is 30.3 Å². The minimum atomic E-state index is 0.444. The third-order valence-electron chi connectivity index (χ3n) is 6.16. The number of hydrogen-bond donors (Lipinski definition) is 2. The van der Waals surface area contributed by atoms with Crippen molar-refractivity contribution in [3.05, 3.63) is 35.9 Å². The second kappa shape index (κ2) is 11.5. The second-order valence-electron chi connectivity index (χ2n) is 8.39. The number of nitrogens with one attached hydrogen (secondary N) is 2. The normalized spacial score (nSPS) is 26.2. The number of hydrogen-bond acceptors (Lipinski definition) is 4. The van der Waals surface area contributed by atoms with Crippen LogP contribution < -0.4 is 10.6 Å². The first-order valence-corrected chi connectivity index (χ1v) is 11.3. The number of ether oxygens (including phenoxy) is 1. The molecule has 0 spiro atoms. The van der Waals surface area contributed by atoms with Crippen molar-refractivity contribution in [2.45, 2.75) is 57.8 Å². The summed E-state index contributed by atoms with van der Waals surface area (Å²) in [5.41, 5.74) is 1.39. The Hall–Kier alpha value is -1.63. The topological polar surface area (TPSA) is 52.1 Å². The lowest BCUT2D eigenvalue weighted by molar-refractivity contribution is 0.142. The number of nitrogens with zero attached hydrogens (tertiary/aromatic N) is 3. The molecule has 0 amide bonds. The summed E-state index contributed by atoms with van der Waals surface area (Å²) >= 11 is 0. The molecule has 6 nitrogen and oxygen atoms in total. The molecule has 29 heavy (non-hydrogen) atoms. The van der Waals surface area contributed by atoms with Gasteiger partial charge in [0, 0.05) is 51.4 Å². The maximum absolute atomic E-state index is 5.26. The lowest BCUT2D eigenvalue weighted by Crippen LogP contribution is -2.45. The van der Waals surface area contributed by atoms with E-state index in [1.54, 1.807) is 7.11 Å². The van der Waals surface area contributed by atoms with E-state index in [1.807, 2.05) is 0 Å². The molecule has 0 aliphatic carbocycles. The molecule has 0 saturated carbocycles. The van der Waals surface area contributed by atoms with E-state index in [9.17, 15) is 0 Å². The van der Waals surface area contributed by atoms with Gasteiger partial charge < -0.3 is 15.4 Å². The lowest BCUT2D eigenvalue weighted by atomic mass is 10.2. The molecule has 3 atom stereocenters. The van der Waals surface area contributed by atoms with Crippen LogP contribution in [0, 0.1) is 0 Å². The Balaban J connectivity index is 1.52. The summed E-state index contributed by atoms with van der Waals surface area (Å²) in [7, 11) is 1.78. The van der Waals surface area contributed by atoms with Crippen molar-refractivity contribution in [3.8, 4) is 0 Å². The van der Waals surface area contributed by atoms with Gasteiger partial charge in [0.1, 0.15) is 0 Å². The summed E-state index contributed by atoms with van der Waals surface area (Å²) in [4.78, 5) is 10.0. The number of aliphatic imine (C=N–C) groups is 1. The van der Waals surface area contributed by atoms with E-state index in [2.05, 4.69) is 64.6 Å². The van der Waals surface area contributed by atoms with Gasteiger partial charge in [-0.25, -0.2) is 0 Å². The van der Waals surface area contributed by atoms with Crippen LogP contribution in [-0.2, 0) is 11.3 Å². The van der Waals surface area contributed by atoms with Gasteiger partial charge in [0.05, 0.1) is 13.2 Å². The quantitative estimate of drug-likeness (QED) is 0.491. The Kier molecular flexibility index (Phi) is 8.77. The Morgan fingerprint density at radius 2 is 2.07 bits per heavy atom. The summed E-state index contributed by atoms with van der Waals surface area (Å²) in [5, 5.41) is 7.15. The highest BCUT2D eigenvalue weighted by Crippen LogP contribution is 2.20. The highest BCUT2D eigenvalue weighted by Gasteiger charge is 2.30. The van der Waals surface area contributed by atoms with Crippen molar-refractivity contribution in [1.29, 1.82) is 0 Å². The fraction of sp³-hybridized carbons (Fsp3) is 0.696. The van der Waals surface area contributed by atoms with Crippen LogP contribution in [0.5, 0.6) is 0 Å². The summed E-state index contributed by atoms with van der Waals surface area (Å²) in [5.74, 6) is 0.963. The van der Waals surface area contributed by atoms with Gasteiger partial charge in [-0.3, -0.25) is 14.8 Å². The van der Waals surface area contributed by atoms with Gasteiger partial charge in [0.2, 0.25) is 0 Å². The Bertz CT molecular complexity index is 623. The molecular weight excluding hydrogens is 362 g/mol. The molecule has 2 fully saturated rings. The second-order valence-corrected chi connectivity index (χ2v) is 8.39. The van der Waals surface area contributed by atoms with Gasteiger partial charge in [0.25, 0.3) is 0 Å². The predicted octanol–water partition coefficient (Wildman–Crippen LogP) is 2.32. The molecule has 6 heteroatoms. The van der Waals surface area contributed by atoms with Gasteiger partial charge in [-0.2, -0.15) is 0 Å². The average molecular weight is 402 g/mol. The molecule has 2 heterocycles. The standard InChI is InChI=1S/C23H39N5O/c1-4-24-23(25-16-22-11-8-12-27(22)13-14-29-3)26-21-15-19(2)28(18-21)17-20-9-6-5-7-10-20/h5-7,9-10,19,21-22H,4,8,11-18H2,1-3H3,(H2,24,25,26). The Labute approximate surface area is 176 Å². The third kappa shape index (κ3) is 6.69. The number of rotatable bonds is 9. The van der Waals surface area contributed by atoms with Crippen molar-refractivity contribution in [2.24, 2.45) is 4.99 Å². The highest BCUT2D eigenvalue weighted by atomic mass is 16.5. The van der Waals surface area contributed by atoms with Crippen LogP contribution in [0.2, 0.25) is 0 Å². The molecule has 0 bridgehead atoms. The number of benzene rings is 1. The van der Waals surface area contributed by atoms with E-state index in [0.29, 0.717) is 18.1 Å². The monoisotopic (exact) mass is 401 g/mol. The van der Waals surface area contributed by atoms with E-state index in [4.69, 9.17) is 9.73 Å². The zero-order valence-corrected chi connectivity index (χ0v) is 18.4. The van der Waals surface area contributed by atoms with Gasteiger partial charge in [0.15, 0.2) is 5.96 Å². The number of likely N-dealkylation sites (tertiary alicyclic amines) is 2. The maximum atomic E-state index is 5.26. The van der Waals surface area contributed by atoms with E-state index in [1.165, 1.54) is 24.9 Å². The van der Waals surface area contributed by atoms with Crippen molar-refractivity contribution < 1.29 is 4.74 Å². The molecule has 162 valence electrons. The molecule has 2 aliphatic rings. The minimum Gasteiger partial charge on any atom is -0.383 e. The first-order valence-electron chi connectivity index (χ1n) is 11.3. The molecule has 1 aromatic carbocycles. The minimum absolute atomic E-state index is 0.444. The SMILES string of the molecule is CCNC(=NCC1CCCN1CCOC)NC1CC(C)N(Cc2ccccc2)C1. The largest absolute Gasteiger partial charge is 0.383 e. The van der Waals surface area contributed by atoms with Crippen LogP contribution in [-0.4, -0.2) is 80.3 Å². The molecule has 1 aromatic rings. The zero-order chi connectivity index (χ0) is 20.5. The van der Waals surface area contributed by atoms with Crippen molar-refractivity contribution in [1.82, 2.24) is 20.4 Å². The molecule has 3 unspecified atom stereocenters. The third-order valence-corrected chi connectivity index (χ3v) is 6.16. The number of guanidine groups is 1. The molecule has 0 radical (unpaired) electrons. The van der Waals surface area contributed by atoms with Crippen LogP contribution in [0.3, 0.4) is 0 Å². The summed E-state index contributed by atoms with van der Waals surface area (Å²) in [6.07, 6.45) is 3.65. The van der Waals surface area contributed by atoms with Gasteiger partial charge in [-0.15, -0.1) is 0 Å². The van der Waals surface area contributed by atoms with E-state index >= 15 is 0 Å². The average Bonchev–Trinajstić information content (AvgIpc) is 3.31. The van der Waals surface area contributed by atoms with Crippen LogP contribution in [0.25, 0.3) is 0 Å². The lowest BCUT2D eigenvalue weighted by Gasteiger charge is -2.24. The van der Waals surface area contributed by atoms with E-state index in [-0.39, 0.29) is 0 Å². The molecule has 0 aromatic heterocycles. The molecule has 2 aliphatic heterocycles. The number of methoxy groups -OCH3 is 1. The maximum Gasteiger partial charge on any atom is 0.191 e. The predicted molar refractivity (Wildman–Crippen MR) is 120 cm³/mol. The molecular formula is C23H39N5O. The molecule has 3 rings (SSSR count). The Morgan fingerprint density at radius 3 is 2.83 bits per heavy atom. The summed E-state index contributed by atoms with van der Waals surface area (Å²) < 4.78 is 5.26. The zero-order valence-electron chi connectivity index (χ0n) is 18.4. The fourth-order valence-electron chi connectivity index (χ4n) is 4.56. The first-order chi connectivity index (χ1) is 14.2. The summed E-state index contributed by atoms with van der Waals surface area (Å²) in [6.45, 7) is 11.3. The van der Waals surface area contributed by atoms with Gasteiger partial charge in [-0.05, 0) is 45.2 Å². The van der Waals surface area contributed by atoms with E-state index in [0.717, 1.165) is 51.7 Å². The highest BCUT2D eigenvalue weighted by molar-refractivity contribution is 5.80. The fourth-order valence-corrected chi connectivity index (χ4v) is 4.56. The Morgan fingerprint density at radius 1 is 1.24 bits per heavy atom. The van der Waals surface area contributed by atoms with Crippen LogP contribution in [0.1, 0.15) is 38.7 Å². The van der Waals surface area contributed by atoms with Crippen LogP contribution in [0.4, 0.5) is 0 Å².